The Morgan fingerprint density at radius 1 is 1.50 bits per heavy atom. The Balaban J connectivity index is 3.05. The summed E-state index contributed by atoms with van der Waals surface area (Å²) in [6, 6.07) is 0. The van der Waals surface area contributed by atoms with Gasteiger partial charge in [-0.2, -0.15) is 0 Å². The fourth-order valence-corrected chi connectivity index (χ4v) is 1.47. The van der Waals surface area contributed by atoms with Gasteiger partial charge in [0.2, 0.25) is 0 Å². The molecule has 0 atom stereocenters. The van der Waals surface area contributed by atoms with E-state index in [1.165, 1.54) is 0 Å². The van der Waals surface area contributed by atoms with Gasteiger partial charge in [-0.25, -0.2) is 0 Å². The van der Waals surface area contributed by atoms with Gasteiger partial charge in [-0.1, -0.05) is 25.9 Å². The number of hydrogen-bond donors (Lipinski definition) is 0. The molecule has 10 heavy (non-hydrogen) atoms. The highest BCUT2D eigenvalue weighted by Crippen LogP contribution is 2.27. The van der Waals surface area contributed by atoms with E-state index in [-0.39, 0.29) is 5.41 Å². The van der Waals surface area contributed by atoms with Crippen molar-refractivity contribution in [3.05, 3.63) is 16.4 Å². The summed E-state index contributed by atoms with van der Waals surface area (Å²) in [6.45, 7) is 6.28. The van der Waals surface area contributed by atoms with Crippen LogP contribution in [0.25, 0.3) is 0 Å². The first kappa shape index (κ1) is 7.79. The first-order valence-electron chi connectivity index (χ1n) is 3.12. The lowest BCUT2D eigenvalue weighted by atomic mass is 9.93. The average molecular weight is 204 g/mol. The lowest BCUT2D eigenvalue weighted by Crippen LogP contribution is -2.11. The average Bonchev–Trinajstić information content (AvgIpc) is 2.11. The van der Waals surface area contributed by atoms with E-state index in [2.05, 4.69) is 41.9 Å². The molecule has 0 unspecified atom stereocenters. The van der Waals surface area contributed by atoms with Crippen LogP contribution in [0.1, 0.15) is 26.5 Å². The minimum Gasteiger partial charge on any atom is -0.363 e. The molecule has 0 aliphatic carbocycles. The predicted octanol–water partition coefficient (Wildman–Crippen LogP) is 2.73. The smallest absolute Gasteiger partial charge is 0.138 e. The Kier molecular flexibility index (Phi) is 1.86. The van der Waals surface area contributed by atoms with Gasteiger partial charge in [-0.05, 0) is 15.9 Å². The zero-order valence-electron chi connectivity index (χ0n) is 6.31. The maximum Gasteiger partial charge on any atom is 0.138 e. The van der Waals surface area contributed by atoms with Crippen molar-refractivity contribution in [1.29, 1.82) is 0 Å². The normalized spacial score (nSPS) is 12.0. The van der Waals surface area contributed by atoms with Gasteiger partial charge in [-0.15, -0.1) is 0 Å². The van der Waals surface area contributed by atoms with Crippen LogP contribution in [-0.2, 0) is 5.41 Å². The molecular formula is C7H10BrNO. The molecule has 0 amide bonds. The second-order valence-electron chi connectivity index (χ2n) is 3.26. The van der Waals surface area contributed by atoms with Gasteiger partial charge in [0.1, 0.15) is 12.0 Å². The lowest BCUT2D eigenvalue weighted by Gasteiger charge is -2.13. The molecule has 0 N–H and O–H groups in total. The fraction of sp³-hybridized carbons (Fsp3) is 0.571. The molecule has 0 aliphatic rings. The maximum absolute atomic E-state index is 4.77. The summed E-state index contributed by atoms with van der Waals surface area (Å²) in [6.07, 6.45) is 1.60. The molecule has 2 nitrogen and oxygen atoms in total. The first-order valence-corrected chi connectivity index (χ1v) is 3.91. The standard InChI is InChI=1S/C7H10BrNO/c1-7(2,3)6-5(8)4-10-9-6/h4H,1-3H3. The predicted molar refractivity (Wildman–Crippen MR) is 42.9 cm³/mol. The number of rotatable bonds is 0. The van der Waals surface area contributed by atoms with Crippen LogP contribution in [0, 0.1) is 0 Å². The second-order valence-corrected chi connectivity index (χ2v) is 4.12. The van der Waals surface area contributed by atoms with Gasteiger partial charge in [0.05, 0.1) is 4.47 Å². The van der Waals surface area contributed by atoms with Gasteiger partial charge in [-0.3, -0.25) is 0 Å². The van der Waals surface area contributed by atoms with E-state index in [9.17, 15) is 0 Å². The van der Waals surface area contributed by atoms with E-state index in [1.54, 1.807) is 6.26 Å². The molecular weight excluding hydrogens is 194 g/mol. The van der Waals surface area contributed by atoms with Crippen molar-refractivity contribution in [3.8, 4) is 0 Å². The molecule has 0 spiro atoms. The third-order valence-corrected chi connectivity index (χ3v) is 1.80. The monoisotopic (exact) mass is 203 g/mol. The molecule has 56 valence electrons. The fourth-order valence-electron chi connectivity index (χ4n) is 0.720. The molecule has 0 aliphatic heterocycles. The third-order valence-electron chi connectivity index (χ3n) is 1.24. The molecule has 0 saturated heterocycles. The molecule has 1 rings (SSSR count). The molecule has 3 heteroatoms. The van der Waals surface area contributed by atoms with Crippen LogP contribution in [-0.4, -0.2) is 5.16 Å². The minimum atomic E-state index is 0.0613. The molecule has 0 bridgehead atoms. The molecule has 1 aromatic rings. The highest BCUT2D eigenvalue weighted by atomic mass is 79.9. The van der Waals surface area contributed by atoms with Crippen LogP contribution in [0.5, 0.6) is 0 Å². The number of nitrogens with zero attached hydrogens (tertiary/aromatic N) is 1. The van der Waals surface area contributed by atoms with Crippen molar-refractivity contribution in [2.75, 3.05) is 0 Å². The third kappa shape index (κ3) is 1.40. The quantitative estimate of drug-likeness (QED) is 0.649. The molecule has 0 aromatic carbocycles. The molecule has 0 fully saturated rings. The van der Waals surface area contributed by atoms with Gasteiger partial charge < -0.3 is 4.52 Å². The molecule has 1 aromatic heterocycles. The summed E-state index contributed by atoms with van der Waals surface area (Å²) >= 11 is 3.35. The number of hydrogen-bond acceptors (Lipinski definition) is 2. The Morgan fingerprint density at radius 2 is 2.10 bits per heavy atom. The topological polar surface area (TPSA) is 26.0 Å². The van der Waals surface area contributed by atoms with Crippen LogP contribution >= 0.6 is 15.9 Å². The highest BCUT2D eigenvalue weighted by Gasteiger charge is 2.20. The first-order chi connectivity index (χ1) is 4.52. The maximum atomic E-state index is 4.77. The van der Waals surface area contributed by atoms with E-state index in [0.717, 1.165) is 10.2 Å². The summed E-state index contributed by atoms with van der Waals surface area (Å²) in [4.78, 5) is 0. The van der Waals surface area contributed by atoms with Crippen molar-refractivity contribution in [3.63, 3.8) is 0 Å². The zero-order valence-corrected chi connectivity index (χ0v) is 7.90. The van der Waals surface area contributed by atoms with Crippen molar-refractivity contribution in [1.82, 2.24) is 5.16 Å². The zero-order chi connectivity index (χ0) is 7.78. The van der Waals surface area contributed by atoms with Crippen molar-refractivity contribution in [2.24, 2.45) is 0 Å². The van der Waals surface area contributed by atoms with Crippen molar-refractivity contribution >= 4 is 15.9 Å². The summed E-state index contributed by atoms with van der Waals surface area (Å²) in [5.74, 6) is 0. The van der Waals surface area contributed by atoms with Crippen molar-refractivity contribution in [2.45, 2.75) is 26.2 Å². The summed E-state index contributed by atoms with van der Waals surface area (Å²) in [7, 11) is 0. The van der Waals surface area contributed by atoms with E-state index in [0.29, 0.717) is 0 Å². The molecule has 0 radical (unpaired) electrons. The Bertz CT molecular complexity index is 224. The SMILES string of the molecule is CC(C)(C)c1nocc1Br. The summed E-state index contributed by atoms with van der Waals surface area (Å²) < 4.78 is 5.72. The second kappa shape index (κ2) is 2.38. The summed E-state index contributed by atoms with van der Waals surface area (Å²) in [5.41, 5.74) is 1.03. The van der Waals surface area contributed by atoms with Crippen LogP contribution in [0.4, 0.5) is 0 Å². The lowest BCUT2D eigenvalue weighted by molar-refractivity contribution is 0.393. The van der Waals surface area contributed by atoms with E-state index in [1.807, 2.05) is 0 Å². The van der Waals surface area contributed by atoms with Gasteiger partial charge in [0.15, 0.2) is 0 Å². The van der Waals surface area contributed by atoms with E-state index >= 15 is 0 Å². The van der Waals surface area contributed by atoms with Crippen LogP contribution in [0.3, 0.4) is 0 Å². The Labute approximate surface area is 68.7 Å². The molecule has 0 saturated carbocycles. The van der Waals surface area contributed by atoms with Crippen LogP contribution in [0.15, 0.2) is 15.3 Å². The summed E-state index contributed by atoms with van der Waals surface area (Å²) in [5, 5.41) is 3.87. The van der Waals surface area contributed by atoms with Gasteiger partial charge in [0.25, 0.3) is 0 Å². The van der Waals surface area contributed by atoms with Crippen molar-refractivity contribution < 1.29 is 4.52 Å². The Morgan fingerprint density at radius 3 is 2.30 bits per heavy atom. The number of halogens is 1. The Hall–Kier alpha value is -0.310. The van der Waals surface area contributed by atoms with Gasteiger partial charge >= 0.3 is 0 Å². The number of aromatic nitrogens is 1. The largest absolute Gasteiger partial charge is 0.363 e. The minimum absolute atomic E-state index is 0.0613. The van der Waals surface area contributed by atoms with Gasteiger partial charge in [0, 0.05) is 5.41 Å². The van der Waals surface area contributed by atoms with E-state index < -0.39 is 0 Å². The van der Waals surface area contributed by atoms with Crippen LogP contribution in [0.2, 0.25) is 0 Å². The van der Waals surface area contributed by atoms with Crippen LogP contribution < -0.4 is 0 Å². The molecule has 1 heterocycles. The van der Waals surface area contributed by atoms with E-state index in [4.69, 9.17) is 4.52 Å². The highest BCUT2D eigenvalue weighted by molar-refractivity contribution is 9.10.